The molecule has 0 aromatic heterocycles. The Morgan fingerprint density at radius 2 is 3.00 bits per heavy atom. The Morgan fingerprint density at radius 3 is 3.33 bits per heavy atom. The number of hydrogen-bond acceptors (Lipinski definition) is 2. The highest BCUT2D eigenvalue weighted by atomic mass is 16.6. The molecule has 0 aliphatic carbocycles. The lowest BCUT2D eigenvalue weighted by Crippen LogP contribution is -2.10. The average molecular weight is 86.1 g/mol. The summed E-state index contributed by atoms with van der Waals surface area (Å²) in [6.45, 7) is 0.639. The van der Waals surface area contributed by atoms with Crippen molar-refractivity contribution in [2.75, 3.05) is 6.61 Å². The highest BCUT2D eigenvalue weighted by Crippen LogP contribution is 1.86. The van der Waals surface area contributed by atoms with Gasteiger partial charge in [0.2, 0.25) is 0 Å². The number of hydroxylamine groups is 1. The van der Waals surface area contributed by atoms with Crippen molar-refractivity contribution in [3.63, 3.8) is 0 Å². The van der Waals surface area contributed by atoms with Gasteiger partial charge in [0.1, 0.15) is 0 Å². The Kier molecular flexibility index (Phi) is 0.801. The summed E-state index contributed by atoms with van der Waals surface area (Å²) in [6, 6.07) is 0. The van der Waals surface area contributed by atoms with Crippen LogP contribution in [0.3, 0.4) is 0 Å². The Labute approximate surface area is 38.2 Å². The van der Waals surface area contributed by atoms with Crippen LogP contribution in [0.2, 0.25) is 1.41 Å². The molecule has 0 aromatic carbocycles. The van der Waals surface area contributed by atoms with E-state index in [0.29, 0.717) is 6.61 Å². The molecule has 0 saturated heterocycles. The molecular formula is C4H7NO. The smallest absolute Gasteiger partial charge is 0.195 e. The molecule has 34 valence electrons. The van der Waals surface area contributed by atoms with Crippen LogP contribution in [0.1, 0.15) is 6.42 Å². The molecule has 0 amide bonds. The van der Waals surface area contributed by atoms with Gasteiger partial charge in [0.25, 0.3) is 0 Å². The van der Waals surface area contributed by atoms with Crippen molar-refractivity contribution < 1.29 is 6.25 Å². The summed E-state index contributed by atoms with van der Waals surface area (Å²) in [5.74, 6) is 0. The van der Waals surface area contributed by atoms with Crippen LogP contribution in [-0.4, -0.2) is 6.61 Å². The minimum absolute atomic E-state index is 0.639. The third-order valence-electron chi connectivity index (χ3n) is 0.617. The maximum Gasteiger partial charge on any atom is 0.195 e. The van der Waals surface area contributed by atoms with E-state index in [4.69, 9.17) is 6.25 Å². The molecule has 0 fully saturated rings. The summed E-state index contributed by atoms with van der Waals surface area (Å²) in [5.41, 5.74) is 0.962. The minimum Gasteiger partial charge on any atom is -0.276 e. The van der Waals surface area contributed by atoms with Gasteiger partial charge in [-0.2, -0.15) is 0 Å². The molecule has 0 radical (unpaired) electrons. The van der Waals surface area contributed by atoms with Gasteiger partial charge in [0, 0.05) is 6.20 Å². The Balaban J connectivity index is 2.36. The molecule has 1 aliphatic rings. The monoisotopic (exact) mass is 86.1 g/mol. The van der Waals surface area contributed by atoms with Crippen molar-refractivity contribution in [1.29, 1.82) is 0 Å². The van der Waals surface area contributed by atoms with E-state index >= 15 is 0 Å². The average Bonchev–Trinajstić information content (AvgIpc) is 1.69. The zero-order chi connectivity index (χ0) is 5.11. The van der Waals surface area contributed by atoms with Gasteiger partial charge in [-0.3, -0.25) is 10.3 Å². The topological polar surface area (TPSA) is 21.3 Å². The van der Waals surface area contributed by atoms with Gasteiger partial charge >= 0.3 is 0 Å². The van der Waals surface area contributed by atoms with Crippen molar-refractivity contribution >= 4 is 0 Å². The van der Waals surface area contributed by atoms with Crippen LogP contribution in [0.5, 0.6) is 0 Å². The summed E-state index contributed by atoms with van der Waals surface area (Å²) in [6.07, 6.45) is 4.41. The third-order valence-corrected chi connectivity index (χ3v) is 0.617. The van der Waals surface area contributed by atoms with Gasteiger partial charge in [-0.1, -0.05) is 6.08 Å². The predicted octanol–water partition coefficient (Wildman–Crippen LogP) is 0.425. The van der Waals surface area contributed by atoms with E-state index in [1.807, 2.05) is 6.08 Å². The predicted molar refractivity (Wildman–Crippen MR) is 22.8 cm³/mol. The van der Waals surface area contributed by atoms with Crippen LogP contribution >= 0.6 is 0 Å². The SMILES string of the molecule is [2H]N1C=CCCO1. The van der Waals surface area contributed by atoms with Crippen LogP contribution in [0, 0.1) is 0 Å². The fourth-order valence-electron chi connectivity index (χ4n) is 0.334. The standard InChI is InChI=1S/C4H7NO/c1-2-4-6-5-3-1/h1,3,5H,2,4H2/i/hD. The zero-order valence-electron chi connectivity index (χ0n) is 4.42. The number of hydrogen-bond donors (Lipinski definition) is 1. The van der Waals surface area contributed by atoms with Crippen molar-refractivity contribution in [1.82, 2.24) is 5.47 Å². The van der Waals surface area contributed by atoms with Gasteiger partial charge in [-0.15, -0.1) is 0 Å². The fourth-order valence-corrected chi connectivity index (χ4v) is 0.334. The van der Waals surface area contributed by atoms with Gasteiger partial charge < -0.3 is 0 Å². The van der Waals surface area contributed by atoms with Crippen LogP contribution in [0.4, 0.5) is 0 Å². The normalized spacial score (nSPS) is 24.0. The maximum atomic E-state index is 6.80. The van der Waals surface area contributed by atoms with E-state index in [-0.39, 0.29) is 0 Å². The van der Waals surface area contributed by atoms with Crippen molar-refractivity contribution in [2.24, 2.45) is 0 Å². The number of rotatable bonds is 0. The second-order valence-corrected chi connectivity index (χ2v) is 1.11. The van der Waals surface area contributed by atoms with Gasteiger partial charge in [0.05, 0.1) is 6.61 Å². The minimum atomic E-state index is 0.639. The lowest BCUT2D eigenvalue weighted by molar-refractivity contribution is 0.0658. The molecule has 0 aromatic rings. The molecular weight excluding hydrogens is 78.0 g/mol. The fraction of sp³-hybridized carbons (Fsp3) is 0.500. The summed E-state index contributed by atoms with van der Waals surface area (Å²) < 4.78 is 6.80. The van der Waals surface area contributed by atoms with Gasteiger partial charge in [-0.05, 0) is 6.42 Å². The van der Waals surface area contributed by atoms with Gasteiger partial charge in [-0.25, -0.2) is 0 Å². The van der Waals surface area contributed by atoms with Crippen LogP contribution in [-0.2, 0) is 4.84 Å². The molecule has 2 nitrogen and oxygen atoms in total. The molecule has 1 N–H and O–H groups in total. The zero-order valence-corrected chi connectivity index (χ0v) is 3.42. The molecule has 0 unspecified atom stereocenters. The molecule has 6 heavy (non-hydrogen) atoms. The Bertz CT molecular complexity index is 83.8. The highest BCUT2D eigenvalue weighted by molar-refractivity contribution is 4.78. The van der Waals surface area contributed by atoms with E-state index < -0.39 is 0 Å². The van der Waals surface area contributed by atoms with Crippen LogP contribution < -0.4 is 5.47 Å². The molecule has 2 heteroatoms. The second-order valence-electron chi connectivity index (χ2n) is 1.11. The summed E-state index contributed by atoms with van der Waals surface area (Å²) in [7, 11) is 0. The molecule has 0 atom stereocenters. The Morgan fingerprint density at radius 1 is 2.00 bits per heavy atom. The molecule has 0 saturated carbocycles. The molecule has 1 aliphatic heterocycles. The van der Waals surface area contributed by atoms with Gasteiger partial charge in [0.15, 0.2) is 1.41 Å². The first kappa shape index (κ1) is 2.64. The van der Waals surface area contributed by atoms with Crippen molar-refractivity contribution in [2.45, 2.75) is 6.42 Å². The third kappa shape index (κ3) is 0.723. The largest absolute Gasteiger partial charge is 0.276 e. The van der Waals surface area contributed by atoms with Crippen LogP contribution in [0.25, 0.3) is 0 Å². The first-order chi connectivity index (χ1) is 3.39. The number of nitrogens with one attached hydrogen (secondary N) is 1. The summed E-state index contributed by atoms with van der Waals surface area (Å²) in [5, 5.41) is 0. The summed E-state index contributed by atoms with van der Waals surface area (Å²) >= 11 is 0. The maximum absolute atomic E-state index is 6.80. The first-order valence-corrected chi connectivity index (χ1v) is 1.97. The quantitative estimate of drug-likeness (QED) is 0.461. The lowest BCUT2D eigenvalue weighted by Gasteiger charge is -2.03. The van der Waals surface area contributed by atoms with Crippen LogP contribution in [0.15, 0.2) is 12.3 Å². The van der Waals surface area contributed by atoms with Crippen molar-refractivity contribution in [3.05, 3.63) is 12.3 Å². The van der Waals surface area contributed by atoms with E-state index in [2.05, 4.69) is 0 Å². The van der Waals surface area contributed by atoms with E-state index in [1.165, 1.54) is 0 Å². The molecule has 0 spiro atoms. The lowest BCUT2D eigenvalue weighted by atomic mass is 10.4. The van der Waals surface area contributed by atoms with Crippen molar-refractivity contribution in [3.8, 4) is 0 Å². The van der Waals surface area contributed by atoms with E-state index in [1.54, 1.807) is 6.20 Å². The molecule has 1 heterocycles. The second kappa shape index (κ2) is 1.82. The van der Waals surface area contributed by atoms with E-state index in [9.17, 15) is 0 Å². The molecule has 1 rings (SSSR count). The first-order valence-electron chi connectivity index (χ1n) is 2.42. The van der Waals surface area contributed by atoms with E-state index in [0.717, 1.165) is 11.9 Å². The Hall–Kier alpha value is -0.500. The highest BCUT2D eigenvalue weighted by Gasteiger charge is 1.84. The summed E-state index contributed by atoms with van der Waals surface area (Å²) in [4.78, 5) is 4.69. The molecule has 0 bridgehead atoms.